The van der Waals surface area contributed by atoms with Crippen LogP contribution in [-0.2, 0) is 10.8 Å². The Balaban J connectivity index is 1.52. The van der Waals surface area contributed by atoms with Gasteiger partial charge < -0.3 is 0 Å². The molecule has 0 radical (unpaired) electrons. The second-order valence-corrected chi connectivity index (χ2v) is 19.3. The Labute approximate surface area is 268 Å². The van der Waals surface area contributed by atoms with Crippen LogP contribution in [0.25, 0.3) is 0 Å². The summed E-state index contributed by atoms with van der Waals surface area (Å²) in [6.07, 6.45) is 2.50. The molecule has 2 heterocycles. The summed E-state index contributed by atoms with van der Waals surface area (Å²) in [5.41, 5.74) is 5.98. The molecule has 0 bridgehead atoms. The first-order valence-corrected chi connectivity index (χ1v) is 18.9. The van der Waals surface area contributed by atoms with E-state index >= 15 is 0 Å². The van der Waals surface area contributed by atoms with E-state index in [9.17, 15) is 0 Å². The molecule has 2 saturated heterocycles. The fraction of sp³-hybridized carbons (Fsp3) is 0.385. The lowest BCUT2D eigenvalue weighted by molar-refractivity contribution is -0.0531. The van der Waals surface area contributed by atoms with Crippen molar-refractivity contribution < 1.29 is 0 Å². The summed E-state index contributed by atoms with van der Waals surface area (Å²) in [4.78, 5) is 0. The predicted octanol–water partition coefficient (Wildman–Crippen LogP) is 9.68. The van der Waals surface area contributed by atoms with E-state index < -0.39 is 16.1 Å². The van der Waals surface area contributed by atoms with Gasteiger partial charge in [-0.3, -0.25) is 4.44 Å². The zero-order valence-corrected chi connectivity index (χ0v) is 29.4. The SMILES string of the molecule is CN(P(c1ccccc1)c1ccccc1)P1[C@H](c2ccc(C(C)(C)C)cc2)N2CCCCN2[C@H]1c1ccc(C(C)(C)C)cc1. The first-order valence-electron chi connectivity index (χ1n) is 16.2. The molecule has 6 rings (SSSR count). The summed E-state index contributed by atoms with van der Waals surface area (Å²) in [6, 6.07) is 41.8. The Morgan fingerprint density at radius 2 is 0.932 bits per heavy atom. The Bertz CT molecular complexity index is 1400. The van der Waals surface area contributed by atoms with Gasteiger partial charge in [0.1, 0.15) is 0 Å². The van der Waals surface area contributed by atoms with Gasteiger partial charge in [0.05, 0.1) is 11.6 Å². The summed E-state index contributed by atoms with van der Waals surface area (Å²) in [7, 11) is 1.02. The Morgan fingerprint density at radius 3 is 1.27 bits per heavy atom. The van der Waals surface area contributed by atoms with Crippen molar-refractivity contribution in [2.24, 2.45) is 0 Å². The molecule has 2 atom stereocenters. The van der Waals surface area contributed by atoms with Gasteiger partial charge in [-0.2, -0.15) is 0 Å². The molecule has 4 aromatic rings. The lowest BCUT2D eigenvalue weighted by atomic mass is 9.86. The molecule has 5 heteroatoms. The molecule has 0 unspecified atom stereocenters. The van der Waals surface area contributed by atoms with E-state index in [1.165, 1.54) is 45.7 Å². The van der Waals surface area contributed by atoms with Crippen LogP contribution in [0, 0.1) is 0 Å². The summed E-state index contributed by atoms with van der Waals surface area (Å²) in [5, 5.41) is 8.37. The third kappa shape index (κ3) is 6.33. The maximum atomic E-state index is 2.83. The van der Waals surface area contributed by atoms with Crippen LogP contribution < -0.4 is 10.6 Å². The number of hydrogen-bond donors (Lipinski definition) is 0. The molecule has 0 spiro atoms. The maximum Gasteiger partial charge on any atom is 0.0847 e. The van der Waals surface area contributed by atoms with Crippen molar-refractivity contribution in [3.63, 3.8) is 0 Å². The Morgan fingerprint density at radius 1 is 0.568 bits per heavy atom. The van der Waals surface area contributed by atoms with Gasteiger partial charge >= 0.3 is 0 Å². The van der Waals surface area contributed by atoms with Crippen molar-refractivity contribution in [3.8, 4) is 0 Å². The van der Waals surface area contributed by atoms with Crippen molar-refractivity contribution in [3.05, 3.63) is 131 Å². The summed E-state index contributed by atoms with van der Waals surface area (Å²) in [6.45, 7) is 16.1. The monoisotopic (exact) mass is 621 g/mol. The van der Waals surface area contributed by atoms with Crippen molar-refractivity contribution in [2.75, 3.05) is 20.1 Å². The van der Waals surface area contributed by atoms with Crippen molar-refractivity contribution in [1.29, 1.82) is 0 Å². The smallest absolute Gasteiger partial charge is 0.0847 e. The number of benzene rings is 4. The molecule has 44 heavy (non-hydrogen) atoms. The van der Waals surface area contributed by atoms with Gasteiger partial charge in [0.2, 0.25) is 0 Å². The molecular formula is C39H49N3P2. The van der Waals surface area contributed by atoms with E-state index in [4.69, 9.17) is 0 Å². The number of hydrazine groups is 1. The zero-order valence-electron chi connectivity index (χ0n) is 27.6. The minimum absolute atomic E-state index is 0.138. The van der Waals surface area contributed by atoms with Crippen LogP contribution in [-0.4, -0.2) is 34.6 Å². The molecule has 2 aliphatic heterocycles. The van der Waals surface area contributed by atoms with Crippen molar-refractivity contribution in [1.82, 2.24) is 14.5 Å². The molecule has 0 amide bonds. The lowest BCUT2D eigenvalue weighted by Crippen LogP contribution is -2.43. The topological polar surface area (TPSA) is 9.72 Å². The number of rotatable bonds is 6. The normalized spacial score (nSPS) is 20.4. The third-order valence-electron chi connectivity index (χ3n) is 9.20. The fourth-order valence-corrected chi connectivity index (χ4v) is 13.5. The number of nitrogens with zero attached hydrogens (tertiary/aromatic N) is 3. The number of hydrogen-bond acceptors (Lipinski definition) is 3. The molecule has 4 aromatic carbocycles. The first kappa shape index (κ1) is 31.6. The van der Waals surface area contributed by atoms with E-state index in [2.05, 4.69) is 172 Å². The zero-order chi connectivity index (χ0) is 31.1. The summed E-state index contributed by atoms with van der Waals surface area (Å²) < 4.78 is 2.83. The maximum absolute atomic E-state index is 2.83. The Hall–Kier alpha value is -2.38. The highest BCUT2D eigenvalue weighted by Gasteiger charge is 2.52. The van der Waals surface area contributed by atoms with Gasteiger partial charge in [-0.25, -0.2) is 10.0 Å². The average molecular weight is 622 g/mol. The molecule has 0 N–H and O–H groups in total. The minimum Gasteiger partial charge on any atom is -0.252 e. The van der Waals surface area contributed by atoms with Crippen LogP contribution in [0.3, 0.4) is 0 Å². The highest BCUT2D eigenvalue weighted by atomic mass is 31.2. The lowest BCUT2D eigenvalue weighted by Gasteiger charge is -2.39. The quantitative estimate of drug-likeness (QED) is 0.199. The van der Waals surface area contributed by atoms with Crippen LogP contribution in [0.4, 0.5) is 0 Å². The summed E-state index contributed by atoms with van der Waals surface area (Å²) in [5.74, 6) is 0.656. The van der Waals surface area contributed by atoms with Crippen LogP contribution in [0.2, 0.25) is 0 Å². The molecule has 230 valence electrons. The van der Waals surface area contributed by atoms with E-state index in [0.29, 0.717) is 11.6 Å². The second kappa shape index (κ2) is 12.8. The highest BCUT2D eigenvalue weighted by Crippen LogP contribution is 2.75. The fourth-order valence-electron chi connectivity index (χ4n) is 6.74. The molecule has 2 aliphatic rings. The van der Waals surface area contributed by atoms with Crippen molar-refractivity contribution in [2.45, 2.75) is 76.8 Å². The third-order valence-corrected chi connectivity index (χ3v) is 15.3. The van der Waals surface area contributed by atoms with Gasteiger partial charge in [0.25, 0.3) is 0 Å². The van der Waals surface area contributed by atoms with Crippen LogP contribution >= 0.6 is 16.1 Å². The van der Waals surface area contributed by atoms with Gasteiger partial charge in [-0.15, -0.1) is 0 Å². The van der Waals surface area contributed by atoms with E-state index in [-0.39, 0.29) is 10.8 Å². The molecule has 0 saturated carbocycles. The predicted molar refractivity (Wildman–Crippen MR) is 192 cm³/mol. The molecular weight excluding hydrogens is 572 g/mol. The van der Waals surface area contributed by atoms with Gasteiger partial charge in [0.15, 0.2) is 0 Å². The van der Waals surface area contributed by atoms with Crippen molar-refractivity contribution >= 4 is 26.8 Å². The molecule has 0 aromatic heterocycles. The van der Waals surface area contributed by atoms with E-state index in [0.717, 1.165) is 13.1 Å². The average Bonchev–Trinajstić information content (AvgIpc) is 3.37. The largest absolute Gasteiger partial charge is 0.252 e. The first-order chi connectivity index (χ1) is 21.0. The van der Waals surface area contributed by atoms with Crippen LogP contribution in [0.5, 0.6) is 0 Å². The van der Waals surface area contributed by atoms with Crippen LogP contribution in [0.15, 0.2) is 109 Å². The second-order valence-electron chi connectivity index (χ2n) is 14.4. The van der Waals surface area contributed by atoms with Gasteiger partial charge in [-0.05, 0) is 63.6 Å². The number of fused-ring (bicyclic) bond motifs is 1. The van der Waals surface area contributed by atoms with E-state index in [1.54, 1.807) is 0 Å². The van der Waals surface area contributed by atoms with E-state index in [1.807, 2.05) is 0 Å². The van der Waals surface area contributed by atoms with Crippen LogP contribution in [0.1, 0.15) is 88.2 Å². The molecule has 3 nitrogen and oxygen atoms in total. The van der Waals surface area contributed by atoms with Gasteiger partial charge in [0, 0.05) is 29.2 Å². The summed E-state index contributed by atoms with van der Waals surface area (Å²) >= 11 is 0. The Kier molecular flexibility index (Phi) is 9.18. The minimum atomic E-state index is -0.725. The molecule has 2 fully saturated rings. The standard InChI is InChI=1S/C39H49N3P2/c1-38(2,3)32-24-20-30(21-25-32)36-41-28-14-15-29-42(41)37(31-22-26-33(27-23-31)39(4,5)6)44(36)40(7)43(34-16-10-8-11-17-34)35-18-12-9-13-19-35/h8-13,16-27,36-37H,14-15,28-29H2,1-7H3/t36-,37-/m1/s1. The molecule has 0 aliphatic carbocycles. The highest BCUT2D eigenvalue weighted by molar-refractivity contribution is 7.79. The van der Waals surface area contributed by atoms with Gasteiger partial charge in [-0.1, -0.05) is 151 Å².